The summed E-state index contributed by atoms with van der Waals surface area (Å²) in [5, 5.41) is 60.6. The Labute approximate surface area is 571 Å². The quantitative estimate of drug-likeness (QED) is 0.0517. The number of carbonyl (C=O) groups is 4. The van der Waals surface area contributed by atoms with E-state index in [1.54, 1.807) is 103 Å². The number of hydrogen-bond acceptors (Lipinski definition) is 20. The van der Waals surface area contributed by atoms with Gasteiger partial charge in [0, 0.05) is 55.0 Å². The fourth-order valence-corrected chi connectivity index (χ4v) is 12.0. The van der Waals surface area contributed by atoms with Gasteiger partial charge in [-0.1, -0.05) is 0 Å². The van der Waals surface area contributed by atoms with E-state index in [9.17, 15) is 68.7 Å². The highest BCUT2D eigenvalue weighted by atomic mass is 35.5. The van der Waals surface area contributed by atoms with Crippen molar-refractivity contribution in [2.45, 2.75) is 248 Å². The van der Waals surface area contributed by atoms with E-state index in [2.05, 4.69) is 19.2 Å². The number of carbonyl (C=O) groups excluding carboxylic acids is 3. The Hall–Kier alpha value is -7.72. The lowest BCUT2D eigenvalue weighted by atomic mass is 9.83. The van der Waals surface area contributed by atoms with E-state index in [0.29, 0.717) is 63.1 Å². The van der Waals surface area contributed by atoms with Crippen molar-refractivity contribution in [1.29, 1.82) is 0 Å². The molecule has 11 N–H and O–H groups in total. The normalized spacial score (nSPS) is 26.6. The van der Waals surface area contributed by atoms with E-state index in [4.69, 9.17) is 21.3 Å². The van der Waals surface area contributed by atoms with Gasteiger partial charge in [0.25, 0.3) is 22.2 Å². The van der Waals surface area contributed by atoms with Crippen molar-refractivity contribution in [2.24, 2.45) is 5.73 Å². The molecule has 0 radical (unpaired) electrons. The molecule has 5 fully saturated rings. The van der Waals surface area contributed by atoms with Crippen LogP contribution >= 0.6 is 12.4 Å². The smallest absolute Gasteiger partial charge is 0.412 e. The molecule has 0 bridgehead atoms. The summed E-state index contributed by atoms with van der Waals surface area (Å²) in [7, 11) is 2.46. The minimum Gasteiger partial charge on any atom is -0.477 e. The molecule has 97 heavy (non-hydrogen) atoms. The molecule has 5 heterocycles. The van der Waals surface area contributed by atoms with Crippen molar-refractivity contribution in [2.75, 3.05) is 25.3 Å². The molecule has 5 aliphatic rings. The Morgan fingerprint density at radius 2 is 0.814 bits per heavy atom. The van der Waals surface area contributed by atoms with Crippen LogP contribution in [0, 0.1) is 0 Å². The van der Waals surface area contributed by atoms with E-state index < -0.39 is 68.8 Å². The molecule has 27 heteroatoms. The molecule has 0 saturated heterocycles. The molecular weight excluding hydrogens is 1280 g/mol. The van der Waals surface area contributed by atoms with E-state index in [0.717, 1.165) is 77.0 Å². The first-order chi connectivity index (χ1) is 44.8. The fourth-order valence-electron chi connectivity index (χ4n) is 12.0. The average molecular weight is 1380 g/mol. The van der Waals surface area contributed by atoms with Crippen LogP contribution in [-0.2, 0) is 14.2 Å². The van der Waals surface area contributed by atoms with Gasteiger partial charge in [-0.3, -0.25) is 24.5 Å². The first-order valence-corrected chi connectivity index (χ1v) is 32.7. The number of carboxylic acid groups (broad SMARTS) is 1. The van der Waals surface area contributed by atoms with Crippen LogP contribution in [0.2, 0.25) is 0 Å². The number of nitrogens with one attached hydrogen (secondary N) is 1. The molecule has 5 aromatic rings. The SMILES string of the molecule is CC1(O)CCC(N)CC1.CC1(O)CCC(n2cccc(C(=O)O)c2=O)CC1.CC1(O)CCC(n2cccc(N)c2=O)CC1.CC1(O)CCC(n2cccc(NC(=O)OC(C)(C)C)c2=O)CC1.COC(=O)c1cccn(C2CCC(C)(O)CC2)c1=O.COC(=O)c1cccoc1=O.Cl. The summed E-state index contributed by atoms with van der Waals surface area (Å²) in [4.78, 5) is 104. The number of esters is 2. The van der Waals surface area contributed by atoms with Gasteiger partial charge in [0.05, 0.1) is 54.2 Å². The predicted molar refractivity (Wildman–Crippen MR) is 369 cm³/mol. The molecular formula is C70H102ClN7O19. The number of hydrogen-bond donors (Lipinski definition) is 9. The first-order valence-electron chi connectivity index (χ1n) is 32.7. The van der Waals surface area contributed by atoms with Crippen LogP contribution < -0.4 is 44.6 Å². The largest absolute Gasteiger partial charge is 0.477 e. The number of aliphatic hydroxyl groups is 5. The number of halogens is 1. The predicted octanol–water partition coefficient (Wildman–Crippen LogP) is 8.76. The van der Waals surface area contributed by atoms with Gasteiger partial charge < -0.3 is 79.0 Å². The number of aromatic nitrogens is 4. The Bertz CT molecular complexity index is 3680. The standard InChI is InChI=1S/C17H26N2O4.C14H19NO4.C13H17NO4.C12H18N2O2.C7H15NO.C7H6O4.ClH/c1-16(2,3)23-15(21)18-13-6-5-11-19(14(13)20)12-7-9-17(4,22)10-8-12;1-14(18)7-5-10(6-8-14)15-9-3-4-11(12(15)16)13(17)19-2;1-13(18)6-4-9(5-7-13)14-8-2-3-10(11(14)15)12(16)17;1-12(16)6-4-9(5-7-12)14-8-2-3-10(13)11(14)15;1-7(9)4-2-6(8)3-5-7;1-10-6(8)5-3-2-4-11-7(5)9;/h5-6,11-12,22H,7-10H2,1-4H3,(H,18,21);3-4,9-10,18H,5-8H2,1-2H3;2-3,8-9,18H,4-7H2,1H3,(H,16,17);2-3,8-9,16H,4-7,13H2,1H3;6,9H,2-5,8H2,1H3;2-4H,1H3;1H. The molecule has 0 unspecified atom stereocenters. The topological polar surface area (TPSA) is 400 Å². The average Bonchev–Trinajstić information content (AvgIpc) is 1.05. The van der Waals surface area contributed by atoms with Crippen molar-refractivity contribution in [3.63, 3.8) is 0 Å². The minimum absolute atomic E-state index is 0. The maximum Gasteiger partial charge on any atom is 0.412 e. The van der Waals surface area contributed by atoms with Crippen LogP contribution in [0.4, 0.5) is 16.2 Å². The zero-order valence-electron chi connectivity index (χ0n) is 57.5. The molecule has 5 saturated carbocycles. The summed E-state index contributed by atoms with van der Waals surface area (Å²) in [5.74, 6) is -2.49. The van der Waals surface area contributed by atoms with E-state index in [1.165, 1.54) is 49.3 Å². The second-order valence-electron chi connectivity index (χ2n) is 28.1. The van der Waals surface area contributed by atoms with E-state index >= 15 is 0 Å². The van der Waals surface area contributed by atoms with Crippen LogP contribution in [0.5, 0.6) is 0 Å². The Morgan fingerprint density at radius 3 is 1.18 bits per heavy atom. The maximum absolute atomic E-state index is 12.6. The Balaban J connectivity index is 0.000000252. The monoisotopic (exact) mass is 1380 g/mol. The third-order valence-electron chi connectivity index (χ3n) is 18.2. The molecule has 5 aromatic heterocycles. The van der Waals surface area contributed by atoms with Gasteiger partial charge in [0.15, 0.2) is 0 Å². The first kappa shape index (κ1) is 81.7. The number of amides is 1. The molecule has 0 spiro atoms. The molecule has 0 aromatic carbocycles. The number of nitrogen functional groups attached to an aromatic ring is 1. The fraction of sp³-hybridized carbons (Fsp3) is 0.586. The lowest BCUT2D eigenvalue weighted by molar-refractivity contribution is 0.00907. The van der Waals surface area contributed by atoms with Gasteiger partial charge >= 0.3 is 29.6 Å². The number of nitrogens with zero attached hydrogens (tertiary/aromatic N) is 4. The number of aromatic carboxylic acids is 1. The highest BCUT2D eigenvalue weighted by Gasteiger charge is 2.34. The number of pyridine rings is 4. The zero-order valence-corrected chi connectivity index (χ0v) is 58.3. The summed E-state index contributed by atoms with van der Waals surface area (Å²) in [6, 6.07) is 16.2. The number of carboxylic acids is 1. The molecule has 26 nitrogen and oxygen atoms in total. The molecule has 0 atom stereocenters. The van der Waals surface area contributed by atoms with Gasteiger partial charge in [0.2, 0.25) is 0 Å². The van der Waals surface area contributed by atoms with Crippen molar-refractivity contribution < 1.29 is 68.4 Å². The van der Waals surface area contributed by atoms with Crippen LogP contribution in [0.1, 0.15) is 239 Å². The van der Waals surface area contributed by atoms with Crippen molar-refractivity contribution in [3.05, 3.63) is 160 Å². The summed E-state index contributed by atoms with van der Waals surface area (Å²) in [6.45, 7) is 14.5. The molecule has 0 aliphatic heterocycles. The summed E-state index contributed by atoms with van der Waals surface area (Å²) in [6.07, 6.45) is 22.4. The van der Waals surface area contributed by atoms with Crippen LogP contribution in [-0.4, -0.2) is 127 Å². The highest BCUT2D eigenvalue weighted by Crippen LogP contribution is 2.37. The summed E-state index contributed by atoms with van der Waals surface area (Å²) < 4.78 is 24.9. The zero-order chi connectivity index (χ0) is 71.6. The maximum atomic E-state index is 12.6. The number of anilines is 2. The number of ether oxygens (including phenoxy) is 3. The van der Waals surface area contributed by atoms with E-state index in [-0.39, 0.29) is 75.6 Å². The van der Waals surface area contributed by atoms with Gasteiger partial charge in [-0.2, -0.15) is 0 Å². The highest BCUT2D eigenvalue weighted by molar-refractivity contribution is 5.89. The van der Waals surface area contributed by atoms with Crippen molar-refractivity contribution in [1.82, 2.24) is 18.3 Å². The molecule has 538 valence electrons. The lowest BCUT2D eigenvalue weighted by Crippen LogP contribution is -2.36. The summed E-state index contributed by atoms with van der Waals surface area (Å²) in [5.41, 5.74) is 6.13. The number of nitrogens with two attached hydrogens (primary N) is 2. The van der Waals surface area contributed by atoms with Gasteiger partial charge in [-0.15, -0.1) is 12.4 Å². The summed E-state index contributed by atoms with van der Waals surface area (Å²) >= 11 is 0. The molecule has 10 rings (SSSR count). The van der Waals surface area contributed by atoms with Gasteiger partial charge in [-0.05, 0) is 244 Å². The van der Waals surface area contributed by atoms with Crippen LogP contribution in [0.25, 0.3) is 0 Å². The van der Waals surface area contributed by atoms with Crippen LogP contribution in [0.3, 0.4) is 0 Å². The second-order valence-corrected chi connectivity index (χ2v) is 28.1. The van der Waals surface area contributed by atoms with Crippen molar-refractivity contribution >= 4 is 47.8 Å². The second kappa shape index (κ2) is 35.7. The third-order valence-corrected chi connectivity index (χ3v) is 18.2. The Kier molecular flexibility index (Phi) is 30.1. The van der Waals surface area contributed by atoms with Gasteiger partial charge in [-0.25, -0.2) is 24.0 Å². The van der Waals surface area contributed by atoms with E-state index in [1.807, 2.05) is 27.7 Å². The lowest BCUT2D eigenvalue weighted by Gasteiger charge is -2.34. The molecule has 5 aliphatic carbocycles. The van der Waals surface area contributed by atoms with Crippen LogP contribution in [0.15, 0.2) is 120 Å². The van der Waals surface area contributed by atoms with Gasteiger partial charge in [0.1, 0.15) is 28.0 Å². The van der Waals surface area contributed by atoms with Crippen molar-refractivity contribution in [3.8, 4) is 0 Å². The number of rotatable bonds is 8. The third kappa shape index (κ3) is 25.6. The minimum atomic E-state index is -1.20. The number of methoxy groups -OCH3 is 2. The molecule has 1 amide bonds. The Morgan fingerprint density at radius 1 is 0.495 bits per heavy atom.